The van der Waals surface area contributed by atoms with E-state index in [9.17, 15) is 24.3 Å². The van der Waals surface area contributed by atoms with Gasteiger partial charge in [0.25, 0.3) is 0 Å². The number of nitrogens with two attached hydrogens (primary N) is 1. The van der Waals surface area contributed by atoms with Crippen molar-refractivity contribution in [3.8, 4) is 0 Å². The van der Waals surface area contributed by atoms with Gasteiger partial charge in [-0.05, 0) is 32.1 Å². The van der Waals surface area contributed by atoms with Gasteiger partial charge in [0.15, 0.2) is 0 Å². The molecule has 10 nitrogen and oxygen atoms in total. The lowest BCUT2D eigenvalue weighted by atomic mass is 10.0. The summed E-state index contributed by atoms with van der Waals surface area (Å²) in [6, 6.07) is -2.88. The third kappa shape index (κ3) is 6.79. The van der Waals surface area contributed by atoms with E-state index in [0.29, 0.717) is 19.3 Å². The van der Waals surface area contributed by atoms with Gasteiger partial charge in [0.1, 0.15) is 18.6 Å². The summed E-state index contributed by atoms with van der Waals surface area (Å²) >= 11 is 0. The zero-order valence-electron chi connectivity index (χ0n) is 16.0. The van der Waals surface area contributed by atoms with Crippen molar-refractivity contribution < 1.29 is 29.4 Å². The van der Waals surface area contributed by atoms with E-state index in [1.54, 1.807) is 0 Å². The van der Waals surface area contributed by atoms with Crippen LogP contribution < -0.4 is 16.4 Å². The van der Waals surface area contributed by atoms with Crippen LogP contribution in [-0.2, 0) is 19.2 Å². The van der Waals surface area contributed by atoms with Crippen LogP contribution in [0.5, 0.6) is 0 Å². The predicted octanol–water partition coefficient (Wildman–Crippen LogP) is -1.58. The molecule has 1 saturated heterocycles. The number of likely N-dealkylation sites (tertiary alicyclic amines) is 1. The van der Waals surface area contributed by atoms with Crippen molar-refractivity contribution in [2.24, 2.45) is 11.7 Å². The Labute approximate surface area is 158 Å². The number of hydrogen-bond donors (Lipinski definition) is 5. The highest BCUT2D eigenvalue weighted by Gasteiger charge is 2.39. The number of carboxylic acid groups (broad SMARTS) is 1. The van der Waals surface area contributed by atoms with Crippen LogP contribution in [-0.4, -0.2) is 76.1 Å². The molecule has 0 aliphatic carbocycles. The number of hydrogen-bond acceptors (Lipinski definition) is 6. The Bertz CT molecular complexity index is 566. The summed E-state index contributed by atoms with van der Waals surface area (Å²) in [4.78, 5) is 49.1. The molecule has 1 heterocycles. The van der Waals surface area contributed by atoms with Crippen LogP contribution in [0.25, 0.3) is 0 Å². The first-order chi connectivity index (χ1) is 12.5. The third-order valence-electron chi connectivity index (χ3n) is 4.36. The molecule has 154 valence electrons. The number of carbonyl (C=O) groups is 4. The maximum absolute atomic E-state index is 12.8. The van der Waals surface area contributed by atoms with Crippen molar-refractivity contribution >= 4 is 23.7 Å². The van der Waals surface area contributed by atoms with Gasteiger partial charge in [-0.1, -0.05) is 13.8 Å². The van der Waals surface area contributed by atoms with E-state index in [4.69, 9.17) is 10.8 Å². The van der Waals surface area contributed by atoms with Crippen LogP contribution in [0.3, 0.4) is 0 Å². The van der Waals surface area contributed by atoms with Crippen LogP contribution >= 0.6 is 0 Å². The Morgan fingerprint density at radius 1 is 1.22 bits per heavy atom. The Hall–Kier alpha value is -2.20. The quantitative estimate of drug-likeness (QED) is 0.319. The third-order valence-corrected chi connectivity index (χ3v) is 4.36. The molecular weight excluding hydrogens is 356 g/mol. The van der Waals surface area contributed by atoms with E-state index < -0.39 is 54.5 Å². The first kappa shape index (κ1) is 22.8. The molecule has 0 bridgehead atoms. The molecule has 0 saturated carbocycles. The van der Waals surface area contributed by atoms with Crippen molar-refractivity contribution in [2.45, 2.75) is 64.3 Å². The van der Waals surface area contributed by atoms with E-state index in [0.717, 1.165) is 0 Å². The fourth-order valence-corrected chi connectivity index (χ4v) is 3.03. The van der Waals surface area contributed by atoms with Gasteiger partial charge in [0.2, 0.25) is 17.7 Å². The highest BCUT2D eigenvalue weighted by Crippen LogP contribution is 2.19. The lowest BCUT2D eigenvalue weighted by molar-refractivity contribution is -0.144. The fraction of sp³-hybridized carbons (Fsp3) is 0.765. The van der Waals surface area contributed by atoms with E-state index in [1.807, 2.05) is 13.8 Å². The Morgan fingerprint density at radius 3 is 2.37 bits per heavy atom. The van der Waals surface area contributed by atoms with Gasteiger partial charge in [0, 0.05) is 6.54 Å². The molecule has 0 spiro atoms. The Kier molecular flexibility index (Phi) is 8.64. The lowest BCUT2D eigenvalue weighted by Crippen LogP contribution is -2.59. The molecule has 1 aliphatic rings. The molecule has 27 heavy (non-hydrogen) atoms. The zero-order chi connectivity index (χ0) is 20.7. The molecule has 0 radical (unpaired) electrons. The first-order valence-electron chi connectivity index (χ1n) is 9.08. The van der Waals surface area contributed by atoms with E-state index >= 15 is 0 Å². The zero-order valence-corrected chi connectivity index (χ0v) is 16.0. The second-order valence-corrected chi connectivity index (χ2v) is 7.26. The van der Waals surface area contributed by atoms with Crippen LogP contribution in [0.1, 0.15) is 40.0 Å². The smallest absolute Gasteiger partial charge is 0.322 e. The number of amides is 3. The fourth-order valence-electron chi connectivity index (χ4n) is 3.03. The molecule has 4 atom stereocenters. The predicted molar refractivity (Wildman–Crippen MR) is 96.4 cm³/mol. The van der Waals surface area contributed by atoms with Crippen molar-refractivity contribution in [1.82, 2.24) is 15.5 Å². The van der Waals surface area contributed by atoms with Crippen molar-refractivity contribution in [3.05, 3.63) is 0 Å². The molecule has 1 rings (SSSR count). The number of carboxylic acids is 1. The minimum Gasteiger partial charge on any atom is -0.480 e. The van der Waals surface area contributed by atoms with Crippen molar-refractivity contribution in [2.75, 3.05) is 13.1 Å². The van der Waals surface area contributed by atoms with Crippen LogP contribution in [0.2, 0.25) is 0 Å². The highest BCUT2D eigenvalue weighted by atomic mass is 16.4. The molecule has 3 amide bonds. The van der Waals surface area contributed by atoms with E-state index in [1.165, 1.54) is 11.8 Å². The standard InChI is InChI=1S/C17H30N4O6/c1-9(2)7-11(18)15(25)20-14(10(3)22)17(27)21-6-4-5-12(21)16(26)19-8-13(23)24/h9-12,14,22H,4-8,18H2,1-3H3,(H,19,26)(H,20,25)(H,23,24). The van der Waals surface area contributed by atoms with Gasteiger partial charge in [0.05, 0.1) is 12.1 Å². The summed E-state index contributed by atoms with van der Waals surface area (Å²) in [7, 11) is 0. The molecule has 1 fully saturated rings. The average Bonchev–Trinajstić information content (AvgIpc) is 3.05. The van der Waals surface area contributed by atoms with Crippen molar-refractivity contribution in [3.63, 3.8) is 0 Å². The molecular formula is C17H30N4O6. The number of aliphatic hydroxyl groups is 1. The van der Waals surface area contributed by atoms with E-state index in [2.05, 4.69) is 10.6 Å². The minimum absolute atomic E-state index is 0.187. The molecule has 10 heteroatoms. The Morgan fingerprint density at radius 2 is 1.85 bits per heavy atom. The minimum atomic E-state index is -1.23. The monoisotopic (exact) mass is 386 g/mol. The van der Waals surface area contributed by atoms with Gasteiger partial charge in [-0.25, -0.2) is 0 Å². The average molecular weight is 386 g/mol. The van der Waals surface area contributed by atoms with Crippen molar-refractivity contribution in [1.29, 1.82) is 0 Å². The molecule has 1 aliphatic heterocycles. The maximum Gasteiger partial charge on any atom is 0.322 e. The van der Waals surface area contributed by atoms with Gasteiger partial charge in [-0.15, -0.1) is 0 Å². The topological polar surface area (TPSA) is 162 Å². The largest absolute Gasteiger partial charge is 0.480 e. The first-order valence-corrected chi connectivity index (χ1v) is 9.08. The number of carbonyl (C=O) groups excluding carboxylic acids is 3. The summed E-state index contributed by atoms with van der Waals surface area (Å²) < 4.78 is 0. The van der Waals surface area contributed by atoms with Crippen LogP contribution in [0.15, 0.2) is 0 Å². The highest BCUT2D eigenvalue weighted by molar-refractivity contribution is 5.94. The number of rotatable bonds is 9. The number of aliphatic carboxylic acids is 1. The SMILES string of the molecule is CC(C)CC(N)C(=O)NC(C(=O)N1CCCC1C(=O)NCC(=O)O)C(C)O. The van der Waals surface area contributed by atoms with Gasteiger partial charge >= 0.3 is 5.97 Å². The molecule has 6 N–H and O–H groups in total. The number of aliphatic hydroxyl groups excluding tert-OH is 1. The molecule has 0 aromatic heterocycles. The lowest BCUT2D eigenvalue weighted by Gasteiger charge is -2.30. The number of nitrogens with one attached hydrogen (secondary N) is 2. The Balaban J connectivity index is 2.82. The summed E-state index contributed by atoms with van der Waals surface area (Å²) in [5.74, 6) is -2.72. The normalized spacial score (nSPS) is 20.1. The second kappa shape index (κ2) is 10.2. The summed E-state index contributed by atoms with van der Waals surface area (Å²) in [6.45, 7) is 4.93. The van der Waals surface area contributed by atoms with Gasteiger partial charge in [-0.3, -0.25) is 19.2 Å². The molecule has 0 aromatic carbocycles. The van der Waals surface area contributed by atoms with Gasteiger partial charge in [-0.2, -0.15) is 0 Å². The van der Waals surface area contributed by atoms with Crippen LogP contribution in [0.4, 0.5) is 0 Å². The van der Waals surface area contributed by atoms with Crippen LogP contribution in [0, 0.1) is 5.92 Å². The van der Waals surface area contributed by atoms with E-state index in [-0.39, 0.29) is 12.5 Å². The van der Waals surface area contributed by atoms with Gasteiger partial charge < -0.3 is 31.5 Å². The molecule has 4 unspecified atom stereocenters. The second-order valence-electron chi connectivity index (χ2n) is 7.26. The summed E-state index contributed by atoms with van der Waals surface area (Å²) in [5, 5.41) is 23.4. The summed E-state index contributed by atoms with van der Waals surface area (Å²) in [6.07, 6.45) is 0.182. The maximum atomic E-state index is 12.8. The number of nitrogens with zero attached hydrogens (tertiary/aromatic N) is 1. The molecule has 0 aromatic rings. The summed E-state index contributed by atoms with van der Waals surface area (Å²) in [5.41, 5.74) is 5.83.